The molecule has 4 heteroatoms. The number of carbonyl (C=O) groups excluding carboxylic acids is 2. The zero-order chi connectivity index (χ0) is 19.8. The molecule has 5 rings (SSSR count). The topological polar surface area (TPSA) is 55.4 Å². The lowest BCUT2D eigenvalue weighted by Crippen LogP contribution is -2.59. The van der Waals surface area contributed by atoms with E-state index in [1.807, 2.05) is 6.92 Å². The van der Waals surface area contributed by atoms with Crippen LogP contribution in [-0.2, 0) is 19.7 Å². The molecule has 1 aromatic rings. The molecule has 1 aromatic carbocycles. The fraction of sp³-hybridized carbons (Fsp3) is 0.667. The number of hydrogen-bond donors (Lipinski definition) is 1. The van der Waals surface area contributed by atoms with E-state index in [2.05, 4.69) is 36.5 Å². The third-order valence-electron chi connectivity index (χ3n) is 7.36. The molecule has 4 aliphatic carbocycles. The van der Waals surface area contributed by atoms with Gasteiger partial charge in [-0.1, -0.05) is 29.8 Å². The lowest BCUT2D eigenvalue weighted by Gasteiger charge is -2.61. The van der Waals surface area contributed by atoms with Crippen molar-refractivity contribution in [3.05, 3.63) is 35.4 Å². The first-order valence-electron chi connectivity index (χ1n) is 11.0. The minimum absolute atomic E-state index is 0.176. The molecule has 0 spiro atoms. The van der Waals surface area contributed by atoms with Gasteiger partial charge in [0, 0.05) is 13.0 Å². The first-order chi connectivity index (χ1) is 13.4. The van der Waals surface area contributed by atoms with E-state index in [1.54, 1.807) is 0 Å². The van der Waals surface area contributed by atoms with Gasteiger partial charge in [-0.25, -0.2) is 0 Å². The van der Waals surface area contributed by atoms with E-state index in [1.165, 1.54) is 30.4 Å². The van der Waals surface area contributed by atoms with Gasteiger partial charge in [-0.15, -0.1) is 0 Å². The van der Waals surface area contributed by atoms with Gasteiger partial charge in [0.05, 0.1) is 12.0 Å². The summed E-state index contributed by atoms with van der Waals surface area (Å²) in [6, 6.07) is 9.03. The maximum Gasteiger partial charge on any atom is 0.305 e. The zero-order valence-corrected chi connectivity index (χ0v) is 17.3. The van der Waals surface area contributed by atoms with Crippen LogP contribution in [0, 0.1) is 24.2 Å². The molecule has 28 heavy (non-hydrogen) atoms. The first kappa shape index (κ1) is 19.5. The molecule has 0 radical (unpaired) electrons. The van der Waals surface area contributed by atoms with Crippen LogP contribution >= 0.6 is 0 Å². The summed E-state index contributed by atoms with van der Waals surface area (Å²) in [4.78, 5) is 24.8. The van der Waals surface area contributed by atoms with Crippen molar-refractivity contribution < 1.29 is 14.3 Å². The van der Waals surface area contributed by atoms with E-state index in [9.17, 15) is 9.59 Å². The van der Waals surface area contributed by atoms with E-state index in [-0.39, 0.29) is 22.7 Å². The standard InChI is InChI=1S/C24H33NO3/c1-3-28-21(26)5-4-10-25-22(27)24-14-18-11-19(15-24)13-23(12-18,16-24)20-8-6-17(2)7-9-20/h6-9,18-19H,3-5,10-16H2,1-2H3,(H,25,27). The second-order valence-electron chi connectivity index (χ2n) is 9.55. The first-order valence-corrected chi connectivity index (χ1v) is 11.0. The molecule has 1 amide bonds. The van der Waals surface area contributed by atoms with Crippen LogP contribution in [0.4, 0.5) is 0 Å². The summed E-state index contributed by atoms with van der Waals surface area (Å²) >= 11 is 0. The molecule has 0 aromatic heterocycles. The third-order valence-corrected chi connectivity index (χ3v) is 7.36. The van der Waals surface area contributed by atoms with Crippen molar-refractivity contribution in [2.45, 2.75) is 70.6 Å². The Balaban J connectivity index is 1.44. The zero-order valence-electron chi connectivity index (χ0n) is 17.3. The highest BCUT2D eigenvalue weighted by molar-refractivity contribution is 5.83. The predicted molar refractivity (Wildman–Crippen MR) is 109 cm³/mol. The Hall–Kier alpha value is -1.84. The predicted octanol–water partition coefficient (Wildman–Crippen LogP) is 4.29. The lowest BCUT2D eigenvalue weighted by atomic mass is 9.42. The number of carbonyl (C=O) groups is 2. The van der Waals surface area contributed by atoms with Crippen LogP contribution in [0.5, 0.6) is 0 Å². The molecule has 0 heterocycles. The quantitative estimate of drug-likeness (QED) is 0.564. The molecule has 2 unspecified atom stereocenters. The average molecular weight is 384 g/mol. The fourth-order valence-electron chi connectivity index (χ4n) is 6.63. The van der Waals surface area contributed by atoms with Crippen molar-refractivity contribution in [2.24, 2.45) is 17.3 Å². The molecule has 4 bridgehead atoms. The van der Waals surface area contributed by atoms with E-state index in [0.29, 0.717) is 37.8 Å². The van der Waals surface area contributed by atoms with Gasteiger partial charge >= 0.3 is 5.97 Å². The smallest absolute Gasteiger partial charge is 0.305 e. The number of aryl methyl sites for hydroxylation is 1. The molecule has 0 saturated heterocycles. The summed E-state index contributed by atoms with van der Waals surface area (Å²) in [5.74, 6) is 1.40. The number of hydrogen-bond acceptors (Lipinski definition) is 3. The van der Waals surface area contributed by atoms with Crippen LogP contribution in [0.2, 0.25) is 0 Å². The van der Waals surface area contributed by atoms with Gasteiger partial charge in [-0.2, -0.15) is 0 Å². The molecule has 4 aliphatic rings. The van der Waals surface area contributed by atoms with Crippen molar-refractivity contribution in [1.29, 1.82) is 0 Å². The molecule has 1 N–H and O–H groups in total. The number of benzene rings is 1. The van der Waals surface area contributed by atoms with Crippen LogP contribution < -0.4 is 5.32 Å². The lowest BCUT2D eigenvalue weighted by molar-refractivity contribution is -0.149. The Morgan fingerprint density at radius 3 is 2.43 bits per heavy atom. The average Bonchev–Trinajstić information content (AvgIpc) is 2.64. The van der Waals surface area contributed by atoms with Gasteiger partial charge in [-0.3, -0.25) is 9.59 Å². The molecule has 4 nitrogen and oxygen atoms in total. The highest BCUT2D eigenvalue weighted by Gasteiger charge is 2.60. The molecule has 4 fully saturated rings. The minimum Gasteiger partial charge on any atom is -0.466 e. The van der Waals surface area contributed by atoms with Gasteiger partial charge in [0.15, 0.2) is 0 Å². The number of esters is 1. The summed E-state index contributed by atoms with van der Waals surface area (Å²) in [6.07, 6.45) is 7.87. The molecular formula is C24H33NO3. The summed E-state index contributed by atoms with van der Waals surface area (Å²) in [6.45, 7) is 4.93. The summed E-state index contributed by atoms with van der Waals surface area (Å²) in [5.41, 5.74) is 2.70. The third kappa shape index (κ3) is 3.58. The van der Waals surface area contributed by atoms with E-state index < -0.39 is 0 Å². The van der Waals surface area contributed by atoms with Gasteiger partial charge in [0.1, 0.15) is 0 Å². The van der Waals surface area contributed by atoms with Gasteiger partial charge in [-0.05, 0) is 81.6 Å². The second-order valence-corrected chi connectivity index (χ2v) is 9.55. The van der Waals surface area contributed by atoms with E-state index in [0.717, 1.165) is 19.3 Å². The van der Waals surface area contributed by atoms with Crippen LogP contribution in [0.3, 0.4) is 0 Å². The van der Waals surface area contributed by atoms with Gasteiger partial charge < -0.3 is 10.1 Å². The Morgan fingerprint density at radius 2 is 1.79 bits per heavy atom. The summed E-state index contributed by atoms with van der Waals surface area (Å²) in [5, 5.41) is 3.17. The molecule has 4 saturated carbocycles. The molecule has 152 valence electrons. The van der Waals surface area contributed by atoms with Crippen molar-refractivity contribution in [2.75, 3.05) is 13.2 Å². The van der Waals surface area contributed by atoms with E-state index >= 15 is 0 Å². The highest BCUT2D eigenvalue weighted by atomic mass is 16.5. The Morgan fingerprint density at radius 1 is 1.11 bits per heavy atom. The van der Waals surface area contributed by atoms with Crippen molar-refractivity contribution in [3.63, 3.8) is 0 Å². The number of nitrogens with one attached hydrogen (secondary N) is 1. The Kier molecular flexibility index (Phi) is 5.24. The van der Waals surface area contributed by atoms with Crippen molar-refractivity contribution >= 4 is 11.9 Å². The molecule has 0 aliphatic heterocycles. The van der Waals surface area contributed by atoms with Crippen LogP contribution in [-0.4, -0.2) is 25.0 Å². The Bertz CT molecular complexity index is 725. The largest absolute Gasteiger partial charge is 0.466 e. The van der Waals surface area contributed by atoms with Crippen LogP contribution in [0.15, 0.2) is 24.3 Å². The summed E-state index contributed by atoms with van der Waals surface area (Å²) in [7, 11) is 0. The van der Waals surface area contributed by atoms with Crippen molar-refractivity contribution in [3.8, 4) is 0 Å². The SMILES string of the molecule is CCOC(=O)CCCNC(=O)C12CC3CC(C1)CC(c1ccc(C)cc1)(C3)C2. The molecular weight excluding hydrogens is 350 g/mol. The summed E-state index contributed by atoms with van der Waals surface area (Å²) < 4.78 is 4.97. The number of amides is 1. The van der Waals surface area contributed by atoms with Crippen LogP contribution in [0.25, 0.3) is 0 Å². The van der Waals surface area contributed by atoms with Gasteiger partial charge in [0.2, 0.25) is 5.91 Å². The fourth-order valence-corrected chi connectivity index (χ4v) is 6.63. The minimum atomic E-state index is -0.209. The second kappa shape index (κ2) is 7.53. The normalized spacial score (nSPS) is 32.9. The highest BCUT2D eigenvalue weighted by Crippen LogP contribution is 2.65. The maximum absolute atomic E-state index is 13.3. The monoisotopic (exact) mass is 383 g/mol. The van der Waals surface area contributed by atoms with Crippen LogP contribution in [0.1, 0.15) is 69.4 Å². The molecule has 2 atom stereocenters. The van der Waals surface area contributed by atoms with Gasteiger partial charge in [0.25, 0.3) is 0 Å². The Labute approximate surface area is 168 Å². The maximum atomic E-state index is 13.3. The van der Waals surface area contributed by atoms with Crippen molar-refractivity contribution in [1.82, 2.24) is 5.32 Å². The number of rotatable bonds is 7. The van der Waals surface area contributed by atoms with E-state index in [4.69, 9.17) is 4.74 Å². The number of ether oxygens (including phenoxy) is 1.